The molecule has 2 fully saturated rings. The quantitative estimate of drug-likeness (QED) is 0.718. The number of rotatable bonds is 0. The van der Waals surface area contributed by atoms with Gasteiger partial charge in [0.25, 0.3) is 0 Å². The third kappa shape index (κ3) is 1.66. The van der Waals surface area contributed by atoms with Crippen LogP contribution in [0.2, 0.25) is 0 Å². The molecule has 1 unspecified atom stereocenters. The summed E-state index contributed by atoms with van der Waals surface area (Å²) in [6, 6.07) is 5.87. The number of aliphatic hydroxyl groups is 1. The van der Waals surface area contributed by atoms with E-state index >= 15 is 0 Å². The Kier molecular flexibility index (Phi) is 2.91. The molecule has 0 spiro atoms. The average Bonchev–Trinajstić information content (AvgIpc) is 2.79. The van der Waals surface area contributed by atoms with Crippen LogP contribution in [0.5, 0.6) is 5.75 Å². The molecule has 4 rings (SSSR count). The summed E-state index contributed by atoms with van der Waals surface area (Å²) in [6.45, 7) is 2.22. The fraction of sp³-hybridized carbons (Fsp3) is 0.600. The topological polar surface area (TPSA) is 40.5 Å². The van der Waals surface area contributed by atoms with Gasteiger partial charge in [0, 0.05) is 5.41 Å². The summed E-state index contributed by atoms with van der Waals surface area (Å²) >= 11 is 0. The Balaban J connectivity index is 1.72. The van der Waals surface area contributed by atoms with Gasteiger partial charge in [-0.1, -0.05) is 18.9 Å². The lowest BCUT2D eigenvalue weighted by Crippen LogP contribution is -2.50. The molecule has 0 aromatic heterocycles. The molecular weight excluding hydrogens is 272 g/mol. The Morgan fingerprint density at radius 1 is 1.23 bits per heavy atom. The van der Waals surface area contributed by atoms with E-state index in [4.69, 9.17) is 6.42 Å². The molecule has 0 bridgehead atoms. The molecular formula is C20H24O2. The monoisotopic (exact) mass is 296 g/mol. The van der Waals surface area contributed by atoms with Crippen LogP contribution in [-0.4, -0.2) is 15.8 Å². The van der Waals surface area contributed by atoms with Gasteiger partial charge in [0.05, 0.1) is 0 Å². The first kappa shape index (κ1) is 14.2. The van der Waals surface area contributed by atoms with Crippen molar-refractivity contribution in [1.29, 1.82) is 0 Å². The number of phenols is 1. The van der Waals surface area contributed by atoms with E-state index in [-0.39, 0.29) is 5.41 Å². The first-order valence-electron chi connectivity index (χ1n) is 8.50. The Bertz CT molecular complexity index is 658. The molecule has 0 saturated heterocycles. The van der Waals surface area contributed by atoms with Gasteiger partial charge in [0.1, 0.15) is 11.4 Å². The van der Waals surface area contributed by atoms with Crippen molar-refractivity contribution in [3.05, 3.63) is 29.3 Å². The van der Waals surface area contributed by atoms with E-state index in [0.29, 0.717) is 23.5 Å². The molecule has 3 aliphatic rings. The normalized spacial score (nSPS) is 42.9. The Labute approximate surface area is 132 Å². The minimum Gasteiger partial charge on any atom is -0.508 e. The third-order valence-corrected chi connectivity index (χ3v) is 7.10. The SMILES string of the molecule is C#C[C@]1(O)CC[C@H]2[C@@H]3CCc4cc(O)ccc4C3CC[C@@]21C. The summed E-state index contributed by atoms with van der Waals surface area (Å²) in [5.74, 6) is 4.82. The van der Waals surface area contributed by atoms with Crippen LogP contribution >= 0.6 is 0 Å². The summed E-state index contributed by atoms with van der Waals surface area (Å²) in [5.41, 5.74) is 1.69. The summed E-state index contributed by atoms with van der Waals surface area (Å²) in [4.78, 5) is 0. The van der Waals surface area contributed by atoms with Crippen LogP contribution in [0, 0.1) is 29.6 Å². The van der Waals surface area contributed by atoms with Crippen molar-refractivity contribution in [2.45, 2.75) is 57.0 Å². The second-order valence-electron chi connectivity index (χ2n) is 7.80. The Morgan fingerprint density at radius 2 is 2.05 bits per heavy atom. The molecule has 5 atom stereocenters. The molecule has 0 radical (unpaired) electrons. The van der Waals surface area contributed by atoms with Gasteiger partial charge >= 0.3 is 0 Å². The predicted molar refractivity (Wildman–Crippen MR) is 86.5 cm³/mol. The lowest BCUT2D eigenvalue weighted by Gasteiger charge is -2.52. The van der Waals surface area contributed by atoms with Gasteiger partial charge in [-0.05, 0) is 79.5 Å². The molecule has 2 heteroatoms. The zero-order valence-corrected chi connectivity index (χ0v) is 13.2. The van der Waals surface area contributed by atoms with E-state index < -0.39 is 5.60 Å². The van der Waals surface area contributed by atoms with Crippen LogP contribution in [0.15, 0.2) is 18.2 Å². The minimum absolute atomic E-state index is 0.128. The molecule has 2 saturated carbocycles. The number of aryl methyl sites for hydroxylation is 1. The fourth-order valence-electron chi connectivity index (χ4n) is 5.82. The number of hydrogen-bond donors (Lipinski definition) is 2. The molecule has 3 aliphatic carbocycles. The van der Waals surface area contributed by atoms with Crippen LogP contribution < -0.4 is 0 Å². The second-order valence-corrected chi connectivity index (χ2v) is 7.80. The highest BCUT2D eigenvalue weighted by atomic mass is 16.3. The van der Waals surface area contributed by atoms with Crippen LogP contribution in [-0.2, 0) is 6.42 Å². The maximum Gasteiger partial charge on any atom is 0.130 e. The predicted octanol–water partition coefficient (Wildman–Crippen LogP) is 3.61. The molecule has 1 aromatic rings. The number of hydrogen-bond acceptors (Lipinski definition) is 2. The van der Waals surface area contributed by atoms with Crippen LogP contribution in [0.3, 0.4) is 0 Å². The van der Waals surface area contributed by atoms with E-state index in [2.05, 4.69) is 18.9 Å². The van der Waals surface area contributed by atoms with Crippen molar-refractivity contribution in [2.24, 2.45) is 17.3 Å². The van der Waals surface area contributed by atoms with Crippen molar-refractivity contribution >= 4 is 0 Å². The maximum absolute atomic E-state index is 10.9. The van der Waals surface area contributed by atoms with Crippen LogP contribution in [0.4, 0.5) is 0 Å². The second kappa shape index (κ2) is 4.52. The van der Waals surface area contributed by atoms with Gasteiger partial charge in [0.2, 0.25) is 0 Å². The van der Waals surface area contributed by atoms with E-state index in [0.717, 1.165) is 38.5 Å². The molecule has 0 amide bonds. The van der Waals surface area contributed by atoms with Gasteiger partial charge < -0.3 is 10.2 Å². The van der Waals surface area contributed by atoms with Crippen LogP contribution in [0.25, 0.3) is 0 Å². The fourth-order valence-corrected chi connectivity index (χ4v) is 5.82. The number of terminal acetylenes is 1. The van der Waals surface area contributed by atoms with Crippen molar-refractivity contribution in [1.82, 2.24) is 0 Å². The van der Waals surface area contributed by atoms with Gasteiger partial charge in [-0.3, -0.25) is 0 Å². The summed E-state index contributed by atoms with van der Waals surface area (Å²) in [6.07, 6.45) is 11.8. The number of benzene rings is 1. The maximum atomic E-state index is 10.9. The molecule has 1 aromatic carbocycles. The standard InChI is InChI=1S/C20H24O2/c1-3-20(22)11-9-18-17-6-4-13-12-14(21)5-7-15(13)16(17)8-10-19(18,20)2/h1,5,7,12,16-18,21-22H,4,6,8-11H2,2H3/t16?,17-,18+,19+,20+/m1/s1. The Hall–Kier alpha value is -1.46. The molecule has 2 nitrogen and oxygen atoms in total. The molecule has 116 valence electrons. The largest absolute Gasteiger partial charge is 0.508 e. The number of aromatic hydroxyl groups is 1. The average molecular weight is 296 g/mol. The summed E-state index contributed by atoms with van der Waals surface area (Å²) in [5, 5.41) is 20.6. The zero-order chi connectivity index (χ0) is 15.5. The van der Waals surface area contributed by atoms with E-state index in [1.165, 1.54) is 11.1 Å². The van der Waals surface area contributed by atoms with Crippen LogP contribution in [0.1, 0.15) is 56.1 Å². The zero-order valence-electron chi connectivity index (χ0n) is 13.2. The third-order valence-electron chi connectivity index (χ3n) is 7.10. The number of fused-ring (bicyclic) bond motifs is 5. The van der Waals surface area contributed by atoms with Gasteiger partial charge in [0.15, 0.2) is 0 Å². The highest BCUT2D eigenvalue weighted by Crippen LogP contribution is 2.64. The summed E-state index contributed by atoms with van der Waals surface area (Å²) < 4.78 is 0. The van der Waals surface area contributed by atoms with Crippen molar-refractivity contribution < 1.29 is 10.2 Å². The first-order valence-corrected chi connectivity index (χ1v) is 8.50. The van der Waals surface area contributed by atoms with Crippen molar-refractivity contribution in [3.8, 4) is 18.1 Å². The lowest BCUT2D eigenvalue weighted by atomic mass is 9.53. The van der Waals surface area contributed by atoms with Gasteiger partial charge in [-0.15, -0.1) is 6.42 Å². The highest BCUT2D eigenvalue weighted by Gasteiger charge is 2.61. The van der Waals surface area contributed by atoms with Crippen molar-refractivity contribution in [2.75, 3.05) is 0 Å². The molecule has 22 heavy (non-hydrogen) atoms. The van der Waals surface area contributed by atoms with E-state index in [1.54, 1.807) is 0 Å². The van der Waals surface area contributed by atoms with Gasteiger partial charge in [-0.2, -0.15) is 0 Å². The summed E-state index contributed by atoms with van der Waals surface area (Å²) in [7, 11) is 0. The van der Waals surface area contributed by atoms with E-state index in [1.807, 2.05) is 12.1 Å². The minimum atomic E-state index is -0.919. The Morgan fingerprint density at radius 3 is 2.82 bits per heavy atom. The first-order chi connectivity index (χ1) is 10.5. The molecule has 0 aliphatic heterocycles. The molecule has 0 heterocycles. The molecule has 2 N–H and O–H groups in total. The van der Waals surface area contributed by atoms with Crippen molar-refractivity contribution in [3.63, 3.8) is 0 Å². The highest BCUT2D eigenvalue weighted by molar-refractivity contribution is 5.40. The smallest absolute Gasteiger partial charge is 0.130 e. The number of phenolic OH excluding ortho intramolecular Hbond substituents is 1. The lowest BCUT2D eigenvalue weighted by molar-refractivity contribution is -0.0646. The van der Waals surface area contributed by atoms with Gasteiger partial charge in [-0.25, -0.2) is 0 Å². The van der Waals surface area contributed by atoms with E-state index in [9.17, 15) is 10.2 Å².